The van der Waals surface area contributed by atoms with Crippen molar-refractivity contribution in [3.8, 4) is 0 Å². The van der Waals surface area contributed by atoms with Gasteiger partial charge in [0.15, 0.2) is 0 Å². The molecule has 0 aromatic carbocycles. The molecule has 0 radical (unpaired) electrons. The van der Waals surface area contributed by atoms with Gasteiger partial charge in [-0.25, -0.2) is 0 Å². The zero-order valence-electron chi connectivity index (χ0n) is 4.09. The molecule has 1 nitrogen and oxygen atoms in total. The summed E-state index contributed by atoms with van der Waals surface area (Å²) in [5, 5.41) is 0. The SMILES string of the molecule is Cl.O=CC1CCC1. The summed E-state index contributed by atoms with van der Waals surface area (Å²) in [7, 11) is 0. The molecule has 0 atom stereocenters. The van der Waals surface area contributed by atoms with Crippen LogP contribution in [0, 0.1) is 5.92 Å². The Morgan fingerprint density at radius 1 is 1.43 bits per heavy atom. The minimum Gasteiger partial charge on any atom is -0.303 e. The van der Waals surface area contributed by atoms with Crippen molar-refractivity contribution in [1.82, 2.24) is 0 Å². The lowest BCUT2D eigenvalue weighted by molar-refractivity contribution is -0.113. The normalized spacial score (nSPS) is 19.4. The van der Waals surface area contributed by atoms with Gasteiger partial charge in [0.05, 0.1) is 0 Å². The van der Waals surface area contributed by atoms with Gasteiger partial charge >= 0.3 is 0 Å². The van der Waals surface area contributed by atoms with Gasteiger partial charge in [-0.2, -0.15) is 0 Å². The van der Waals surface area contributed by atoms with Crippen LogP contribution in [0.1, 0.15) is 19.3 Å². The Hall–Kier alpha value is -0.0400. The first-order chi connectivity index (χ1) is 2.93. The monoisotopic (exact) mass is 120 g/mol. The molecule has 0 bridgehead atoms. The first-order valence-corrected chi connectivity index (χ1v) is 2.39. The van der Waals surface area contributed by atoms with Crippen molar-refractivity contribution in [2.45, 2.75) is 19.3 Å². The lowest BCUT2D eigenvalue weighted by atomic mass is 9.87. The standard InChI is InChI=1S/C5H8O.ClH/c6-4-5-2-1-3-5;/h4-5H,1-3H2;1H. The van der Waals surface area contributed by atoms with E-state index in [1.807, 2.05) is 0 Å². The second-order valence-corrected chi connectivity index (χ2v) is 1.83. The van der Waals surface area contributed by atoms with Crippen LogP contribution in [-0.4, -0.2) is 6.29 Å². The molecule has 1 aliphatic carbocycles. The van der Waals surface area contributed by atoms with Gasteiger partial charge < -0.3 is 4.79 Å². The maximum absolute atomic E-state index is 9.79. The summed E-state index contributed by atoms with van der Waals surface area (Å²) in [6.07, 6.45) is 4.61. The van der Waals surface area contributed by atoms with Crippen molar-refractivity contribution in [3.63, 3.8) is 0 Å². The molecule has 0 spiro atoms. The Balaban J connectivity index is 0.000000360. The summed E-state index contributed by atoms with van der Waals surface area (Å²) in [6.45, 7) is 0. The summed E-state index contributed by atoms with van der Waals surface area (Å²) >= 11 is 0. The van der Waals surface area contributed by atoms with Gasteiger partial charge in [-0.05, 0) is 12.8 Å². The van der Waals surface area contributed by atoms with Gasteiger partial charge in [-0.1, -0.05) is 6.42 Å². The fraction of sp³-hybridized carbons (Fsp3) is 0.800. The van der Waals surface area contributed by atoms with Crippen LogP contribution in [0.25, 0.3) is 0 Å². The highest BCUT2D eigenvalue weighted by atomic mass is 35.5. The molecule has 1 fully saturated rings. The summed E-state index contributed by atoms with van der Waals surface area (Å²) < 4.78 is 0. The van der Waals surface area contributed by atoms with Crippen LogP contribution in [0.3, 0.4) is 0 Å². The van der Waals surface area contributed by atoms with Gasteiger partial charge in [0.1, 0.15) is 6.29 Å². The second-order valence-electron chi connectivity index (χ2n) is 1.83. The molecule has 0 aromatic heterocycles. The van der Waals surface area contributed by atoms with E-state index in [0.717, 1.165) is 19.1 Å². The molecule has 0 N–H and O–H groups in total. The Labute approximate surface area is 49.5 Å². The van der Waals surface area contributed by atoms with Gasteiger partial charge in [0.2, 0.25) is 0 Å². The molecular weight excluding hydrogens is 112 g/mol. The third-order valence-corrected chi connectivity index (χ3v) is 1.34. The minimum absolute atomic E-state index is 0. The van der Waals surface area contributed by atoms with Crippen LogP contribution in [0.4, 0.5) is 0 Å². The van der Waals surface area contributed by atoms with Crippen LogP contribution >= 0.6 is 12.4 Å². The van der Waals surface area contributed by atoms with Crippen molar-refractivity contribution in [2.75, 3.05) is 0 Å². The topological polar surface area (TPSA) is 17.1 Å². The van der Waals surface area contributed by atoms with E-state index in [-0.39, 0.29) is 12.4 Å². The Morgan fingerprint density at radius 3 is 2.00 bits per heavy atom. The summed E-state index contributed by atoms with van der Waals surface area (Å²) in [5.41, 5.74) is 0. The maximum atomic E-state index is 9.79. The summed E-state index contributed by atoms with van der Waals surface area (Å²) in [4.78, 5) is 9.79. The zero-order chi connectivity index (χ0) is 4.41. The van der Waals surface area contributed by atoms with E-state index in [2.05, 4.69) is 0 Å². The third-order valence-electron chi connectivity index (χ3n) is 1.34. The van der Waals surface area contributed by atoms with Crippen molar-refractivity contribution in [2.24, 2.45) is 5.92 Å². The number of carbonyl (C=O) groups excluding carboxylic acids is 1. The van der Waals surface area contributed by atoms with Crippen molar-refractivity contribution in [1.29, 1.82) is 0 Å². The Bertz CT molecular complexity index is 59.1. The van der Waals surface area contributed by atoms with Crippen LogP contribution in [0.15, 0.2) is 0 Å². The highest BCUT2D eigenvalue weighted by molar-refractivity contribution is 5.85. The van der Waals surface area contributed by atoms with E-state index >= 15 is 0 Å². The maximum Gasteiger partial charge on any atom is 0.123 e. The van der Waals surface area contributed by atoms with E-state index in [0.29, 0.717) is 5.92 Å². The third kappa shape index (κ3) is 1.48. The van der Waals surface area contributed by atoms with Gasteiger partial charge in [-0.15, -0.1) is 12.4 Å². The Morgan fingerprint density at radius 2 is 2.00 bits per heavy atom. The molecule has 7 heavy (non-hydrogen) atoms. The highest BCUT2D eigenvalue weighted by Crippen LogP contribution is 2.23. The van der Waals surface area contributed by atoms with Crippen LogP contribution in [0.5, 0.6) is 0 Å². The number of carbonyl (C=O) groups is 1. The number of rotatable bonds is 1. The van der Waals surface area contributed by atoms with Gasteiger partial charge in [0, 0.05) is 5.92 Å². The molecule has 0 amide bonds. The van der Waals surface area contributed by atoms with Crippen molar-refractivity contribution >= 4 is 18.7 Å². The Kier molecular flexibility index (Phi) is 3.01. The molecule has 1 aliphatic rings. The average Bonchev–Trinajstić information content (AvgIpc) is 1.31. The average molecular weight is 121 g/mol. The highest BCUT2D eigenvalue weighted by Gasteiger charge is 2.14. The molecule has 42 valence electrons. The second kappa shape index (κ2) is 3.03. The summed E-state index contributed by atoms with van der Waals surface area (Å²) in [5.74, 6) is 0.435. The van der Waals surface area contributed by atoms with E-state index in [9.17, 15) is 4.79 Å². The van der Waals surface area contributed by atoms with Crippen LogP contribution < -0.4 is 0 Å². The van der Waals surface area contributed by atoms with Gasteiger partial charge in [-0.3, -0.25) is 0 Å². The van der Waals surface area contributed by atoms with E-state index in [1.54, 1.807) is 0 Å². The lowest BCUT2D eigenvalue weighted by Gasteiger charge is -2.17. The fourth-order valence-electron chi connectivity index (χ4n) is 0.576. The van der Waals surface area contributed by atoms with E-state index in [4.69, 9.17) is 0 Å². The first-order valence-electron chi connectivity index (χ1n) is 2.39. The molecule has 1 rings (SSSR count). The predicted molar refractivity (Wildman–Crippen MR) is 30.7 cm³/mol. The molecule has 0 unspecified atom stereocenters. The van der Waals surface area contributed by atoms with E-state index in [1.165, 1.54) is 6.42 Å². The molecular formula is C5H9ClO. The molecule has 1 saturated carbocycles. The van der Waals surface area contributed by atoms with Gasteiger partial charge in [0.25, 0.3) is 0 Å². The zero-order valence-corrected chi connectivity index (χ0v) is 4.91. The molecule has 0 aliphatic heterocycles. The molecule has 0 heterocycles. The first kappa shape index (κ1) is 6.96. The number of hydrogen-bond acceptors (Lipinski definition) is 1. The fourth-order valence-corrected chi connectivity index (χ4v) is 0.576. The number of halogens is 1. The molecule has 0 saturated heterocycles. The molecule has 2 heteroatoms. The lowest BCUT2D eigenvalue weighted by Crippen LogP contribution is -2.10. The van der Waals surface area contributed by atoms with Crippen molar-refractivity contribution in [3.05, 3.63) is 0 Å². The number of hydrogen-bond donors (Lipinski definition) is 0. The van der Waals surface area contributed by atoms with Crippen LogP contribution in [-0.2, 0) is 4.79 Å². The minimum atomic E-state index is 0. The predicted octanol–water partition coefficient (Wildman–Crippen LogP) is 1.41. The smallest absolute Gasteiger partial charge is 0.123 e. The number of aldehydes is 1. The van der Waals surface area contributed by atoms with E-state index < -0.39 is 0 Å². The quantitative estimate of drug-likeness (QED) is 0.478. The molecule has 0 aromatic rings. The van der Waals surface area contributed by atoms with Crippen LogP contribution in [0.2, 0.25) is 0 Å². The summed E-state index contributed by atoms with van der Waals surface area (Å²) in [6, 6.07) is 0. The van der Waals surface area contributed by atoms with Crippen molar-refractivity contribution < 1.29 is 4.79 Å². The largest absolute Gasteiger partial charge is 0.303 e.